The lowest BCUT2D eigenvalue weighted by Crippen LogP contribution is -2.47. The zero-order valence-electron chi connectivity index (χ0n) is 11.6. The van der Waals surface area contributed by atoms with E-state index in [1.165, 1.54) is 4.90 Å². The predicted octanol–water partition coefficient (Wildman–Crippen LogP) is 2.50. The molecule has 1 N–H and O–H groups in total. The Hall–Kier alpha value is -1.26. The first kappa shape index (κ1) is 14.8. The van der Waals surface area contributed by atoms with Crippen molar-refractivity contribution in [3.63, 3.8) is 0 Å². The highest BCUT2D eigenvalue weighted by atomic mass is 16.6. The minimum absolute atomic E-state index is 0.258. The highest BCUT2D eigenvalue weighted by Crippen LogP contribution is 2.29. The van der Waals surface area contributed by atoms with Crippen LogP contribution in [0.5, 0.6) is 0 Å². The van der Waals surface area contributed by atoms with Crippen LogP contribution in [-0.4, -0.2) is 40.8 Å². The third kappa shape index (κ3) is 3.89. The van der Waals surface area contributed by atoms with Gasteiger partial charge in [-0.25, -0.2) is 4.79 Å². The molecule has 2 unspecified atom stereocenters. The highest BCUT2D eigenvalue weighted by molar-refractivity contribution is 5.73. The third-order valence-corrected chi connectivity index (χ3v) is 3.23. The van der Waals surface area contributed by atoms with Crippen LogP contribution in [0.1, 0.15) is 46.5 Å². The smallest absolute Gasteiger partial charge is 0.410 e. The van der Waals surface area contributed by atoms with Crippen molar-refractivity contribution in [2.45, 2.75) is 58.1 Å². The molecule has 0 bridgehead atoms. The molecule has 18 heavy (non-hydrogen) atoms. The summed E-state index contributed by atoms with van der Waals surface area (Å²) in [5.74, 6) is -1.30. The zero-order chi connectivity index (χ0) is 13.9. The maximum absolute atomic E-state index is 11.9. The van der Waals surface area contributed by atoms with Crippen LogP contribution < -0.4 is 0 Å². The Bertz CT molecular complexity index is 321. The van der Waals surface area contributed by atoms with Gasteiger partial charge in [-0.2, -0.15) is 0 Å². The number of carboxylic acid groups (broad SMARTS) is 1. The molecule has 1 amide bonds. The summed E-state index contributed by atoms with van der Waals surface area (Å²) in [6.07, 6.45) is 2.79. The van der Waals surface area contributed by atoms with Crippen LogP contribution in [-0.2, 0) is 9.53 Å². The van der Waals surface area contributed by atoms with Crippen molar-refractivity contribution >= 4 is 12.1 Å². The van der Waals surface area contributed by atoms with E-state index in [2.05, 4.69) is 0 Å². The van der Waals surface area contributed by atoms with E-state index in [1.54, 1.807) is 27.8 Å². The Labute approximate surface area is 108 Å². The quantitative estimate of drug-likeness (QED) is 0.825. The van der Waals surface area contributed by atoms with Crippen LogP contribution in [0, 0.1) is 5.92 Å². The third-order valence-electron chi connectivity index (χ3n) is 3.23. The molecule has 0 aromatic rings. The number of carboxylic acids is 1. The summed E-state index contributed by atoms with van der Waals surface area (Å²) >= 11 is 0. The molecule has 2 atom stereocenters. The summed E-state index contributed by atoms with van der Waals surface area (Å²) in [6.45, 7) is 5.40. The topological polar surface area (TPSA) is 66.8 Å². The molecule has 0 radical (unpaired) electrons. The first-order valence-corrected chi connectivity index (χ1v) is 6.41. The maximum atomic E-state index is 11.9. The van der Waals surface area contributed by atoms with Crippen molar-refractivity contribution in [3.8, 4) is 0 Å². The van der Waals surface area contributed by atoms with Gasteiger partial charge in [-0.15, -0.1) is 0 Å². The molecule has 5 heteroatoms. The number of hydrogen-bond acceptors (Lipinski definition) is 3. The molecule has 0 saturated heterocycles. The van der Waals surface area contributed by atoms with E-state index in [0.717, 1.165) is 19.3 Å². The Kier molecular flexibility index (Phi) is 4.59. The molecule has 5 nitrogen and oxygen atoms in total. The maximum Gasteiger partial charge on any atom is 0.410 e. The number of nitrogens with zero attached hydrogens (tertiary/aromatic N) is 1. The van der Waals surface area contributed by atoms with Crippen LogP contribution in [0.4, 0.5) is 4.79 Å². The lowest BCUT2D eigenvalue weighted by Gasteiger charge is -2.36. The molecule has 1 aliphatic rings. The first-order valence-electron chi connectivity index (χ1n) is 6.41. The minimum Gasteiger partial charge on any atom is -0.481 e. The normalized spacial score (nSPS) is 24.4. The molecular weight excluding hydrogens is 234 g/mol. The number of ether oxygens (including phenoxy) is 1. The molecule has 0 spiro atoms. The fraction of sp³-hybridized carbons (Fsp3) is 0.846. The molecule has 0 aromatic carbocycles. The first-order chi connectivity index (χ1) is 8.22. The van der Waals surface area contributed by atoms with Crippen LogP contribution in [0.3, 0.4) is 0 Å². The van der Waals surface area contributed by atoms with Crippen molar-refractivity contribution in [1.29, 1.82) is 0 Å². The largest absolute Gasteiger partial charge is 0.481 e. The number of rotatable bonds is 2. The summed E-state index contributed by atoms with van der Waals surface area (Å²) in [5, 5.41) is 9.19. The number of carbonyl (C=O) groups excluding carboxylic acids is 1. The highest BCUT2D eigenvalue weighted by Gasteiger charge is 2.36. The van der Waals surface area contributed by atoms with Gasteiger partial charge in [0.05, 0.1) is 5.92 Å². The van der Waals surface area contributed by atoms with Gasteiger partial charge in [0, 0.05) is 13.1 Å². The number of amides is 1. The van der Waals surface area contributed by atoms with Crippen LogP contribution in [0.25, 0.3) is 0 Å². The molecule has 1 rings (SSSR count). The zero-order valence-corrected chi connectivity index (χ0v) is 11.6. The van der Waals surface area contributed by atoms with E-state index in [0.29, 0.717) is 6.42 Å². The van der Waals surface area contributed by atoms with Gasteiger partial charge in [0.1, 0.15) is 5.60 Å². The SMILES string of the molecule is CN(C(=O)OC(C)(C)C)C1CCCCC1C(=O)O. The monoisotopic (exact) mass is 257 g/mol. The lowest BCUT2D eigenvalue weighted by atomic mass is 9.84. The second kappa shape index (κ2) is 5.59. The van der Waals surface area contributed by atoms with E-state index in [9.17, 15) is 14.7 Å². The standard InChI is InChI=1S/C13H23NO4/c1-13(2,3)18-12(17)14(4)10-8-6-5-7-9(10)11(15)16/h9-10H,5-8H2,1-4H3,(H,15,16). The van der Waals surface area contributed by atoms with Gasteiger partial charge in [0.15, 0.2) is 0 Å². The molecule has 0 aromatic heterocycles. The van der Waals surface area contributed by atoms with Gasteiger partial charge in [0.25, 0.3) is 0 Å². The van der Waals surface area contributed by atoms with Gasteiger partial charge in [-0.05, 0) is 33.6 Å². The summed E-state index contributed by atoms with van der Waals surface area (Å²) in [7, 11) is 1.62. The average molecular weight is 257 g/mol. The van der Waals surface area contributed by atoms with Crippen LogP contribution in [0.2, 0.25) is 0 Å². The molecule has 1 aliphatic carbocycles. The Morgan fingerprint density at radius 2 is 1.78 bits per heavy atom. The van der Waals surface area contributed by atoms with Crippen molar-refractivity contribution in [2.24, 2.45) is 5.92 Å². The van der Waals surface area contributed by atoms with E-state index >= 15 is 0 Å². The summed E-state index contributed by atoms with van der Waals surface area (Å²) in [6, 6.07) is -0.258. The number of aliphatic carboxylic acids is 1. The van der Waals surface area contributed by atoms with Gasteiger partial charge in [-0.3, -0.25) is 4.79 Å². The van der Waals surface area contributed by atoms with E-state index in [1.807, 2.05) is 0 Å². The van der Waals surface area contributed by atoms with Crippen molar-refractivity contribution in [2.75, 3.05) is 7.05 Å². The van der Waals surface area contributed by atoms with Crippen molar-refractivity contribution < 1.29 is 19.4 Å². The van der Waals surface area contributed by atoms with Crippen molar-refractivity contribution in [1.82, 2.24) is 4.90 Å². The predicted molar refractivity (Wildman–Crippen MR) is 67.4 cm³/mol. The van der Waals surface area contributed by atoms with Crippen molar-refractivity contribution in [3.05, 3.63) is 0 Å². The molecule has 0 heterocycles. The Morgan fingerprint density at radius 1 is 1.22 bits per heavy atom. The van der Waals surface area contributed by atoms with Gasteiger partial charge >= 0.3 is 12.1 Å². The fourth-order valence-corrected chi connectivity index (χ4v) is 2.33. The van der Waals surface area contributed by atoms with Gasteiger partial charge in [0.2, 0.25) is 0 Å². The summed E-state index contributed by atoms with van der Waals surface area (Å²) in [5.41, 5.74) is -0.557. The molecule has 0 aliphatic heterocycles. The van der Waals surface area contributed by atoms with E-state index in [-0.39, 0.29) is 6.04 Å². The molecule has 104 valence electrons. The molecule has 1 fully saturated rings. The average Bonchev–Trinajstić information content (AvgIpc) is 2.25. The fourth-order valence-electron chi connectivity index (χ4n) is 2.33. The van der Waals surface area contributed by atoms with Gasteiger partial charge < -0.3 is 14.7 Å². The summed E-state index contributed by atoms with van der Waals surface area (Å²) in [4.78, 5) is 24.6. The van der Waals surface area contributed by atoms with Crippen LogP contribution >= 0.6 is 0 Å². The lowest BCUT2D eigenvalue weighted by molar-refractivity contribution is -0.145. The molecular formula is C13H23NO4. The number of hydrogen-bond donors (Lipinski definition) is 1. The Morgan fingerprint density at radius 3 is 2.28 bits per heavy atom. The minimum atomic E-state index is -0.824. The summed E-state index contributed by atoms with van der Waals surface area (Å²) < 4.78 is 5.27. The second-order valence-electron chi connectivity index (χ2n) is 5.89. The molecule has 1 saturated carbocycles. The van der Waals surface area contributed by atoms with Gasteiger partial charge in [-0.1, -0.05) is 12.8 Å². The van der Waals surface area contributed by atoms with E-state index < -0.39 is 23.6 Å². The Balaban J connectivity index is 2.71. The number of carbonyl (C=O) groups is 2. The second-order valence-corrected chi connectivity index (χ2v) is 5.89. The van der Waals surface area contributed by atoms with Crippen LogP contribution in [0.15, 0.2) is 0 Å². The van der Waals surface area contributed by atoms with E-state index in [4.69, 9.17) is 4.74 Å².